The molecule has 1 aliphatic heterocycles. The number of hydrogen-bond donors (Lipinski definition) is 2. The van der Waals surface area contributed by atoms with Crippen LogP contribution in [0.15, 0.2) is 24.3 Å². The fourth-order valence-electron chi connectivity index (χ4n) is 6.09. The Bertz CT molecular complexity index is 805. The third-order valence-corrected chi connectivity index (χ3v) is 8.62. The van der Waals surface area contributed by atoms with E-state index in [0.29, 0.717) is 12.0 Å². The van der Waals surface area contributed by atoms with E-state index in [2.05, 4.69) is 58.5 Å². The molecule has 3 fully saturated rings. The molecule has 1 saturated heterocycles. The first kappa shape index (κ1) is 24.5. The van der Waals surface area contributed by atoms with E-state index in [4.69, 9.17) is 12.2 Å². The van der Waals surface area contributed by atoms with Crippen molar-refractivity contribution in [1.82, 2.24) is 20.4 Å². The molecule has 2 atom stereocenters. The lowest BCUT2D eigenvalue weighted by Gasteiger charge is -2.53. The minimum atomic E-state index is 0.0708. The van der Waals surface area contributed by atoms with Crippen molar-refractivity contribution >= 4 is 23.2 Å². The van der Waals surface area contributed by atoms with Gasteiger partial charge in [0.15, 0.2) is 5.11 Å². The third-order valence-electron chi connectivity index (χ3n) is 8.22. The third kappa shape index (κ3) is 6.27. The van der Waals surface area contributed by atoms with Crippen LogP contribution < -0.4 is 10.6 Å². The number of carbonyl (C=O) groups excluding carboxylic acids is 1. The summed E-state index contributed by atoms with van der Waals surface area (Å²) in [5.41, 5.74) is 2.90. The van der Waals surface area contributed by atoms with Gasteiger partial charge in [0, 0.05) is 37.8 Å². The van der Waals surface area contributed by atoms with Crippen molar-refractivity contribution in [1.29, 1.82) is 0 Å². The number of amides is 1. The summed E-state index contributed by atoms with van der Waals surface area (Å²) in [7, 11) is 0. The number of rotatable bonds is 5. The summed E-state index contributed by atoms with van der Waals surface area (Å²) in [5.74, 6) is 0.643. The maximum absolute atomic E-state index is 12.6. The molecule has 0 bridgehead atoms. The maximum atomic E-state index is 12.6. The van der Waals surface area contributed by atoms with E-state index in [0.717, 1.165) is 37.7 Å². The summed E-state index contributed by atoms with van der Waals surface area (Å²) in [5, 5.41) is 7.25. The number of thiocarbonyl (C=S) groups is 1. The average Bonchev–Trinajstić information content (AvgIpc) is 2.82. The van der Waals surface area contributed by atoms with Gasteiger partial charge in [0.05, 0.1) is 6.54 Å². The van der Waals surface area contributed by atoms with Crippen molar-refractivity contribution in [2.24, 2.45) is 5.92 Å². The molecule has 2 aliphatic carbocycles. The second-order valence-electron chi connectivity index (χ2n) is 10.7. The van der Waals surface area contributed by atoms with Crippen LogP contribution in [0.25, 0.3) is 0 Å². The van der Waals surface area contributed by atoms with Gasteiger partial charge in [-0.3, -0.25) is 9.69 Å². The number of piperazine rings is 1. The fraction of sp³-hybridized carbons (Fsp3) is 0.704. The molecule has 1 aromatic carbocycles. The highest BCUT2D eigenvalue weighted by atomic mass is 32.1. The molecule has 1 heterocycles. The normalized spacial score (nSPS) is 25.6. The summed E-state index contributed by atoms with van der Waals surface area (Å²) < 4.78 is 0. The van der Waals surface area contributed by atoms with Crippen LogP contribution in [0.5, 0.6) is 0 Å². The number of benzene rings is 1. The molecule has 5 nitrogen and oxygen atoms in total. The van der Waals surface area contributed by atoms with Gasteiger partial charge in [0.1, 0.15) is 0 Å². The van der Waals surface area contributed by atoms with Crippen LogP contribution in [-0.2, 0) is 11.3 Å². The number of aryl methyl sites for hydroxylation is 1. The summed E-state index contributed by atoms with van der Waals surface area (Å²) in [4.78, 5) is 17.6. The zero-order valence-corrected chi connectivity index (χ0v) is 21.4. The Morgan fingerprint density at radius 1 is 1.06 bits per heavy atom. The van der Waals surface area contributed by atoms with Crippen LogP contribution in [0, 0.1) is 12.8 Å². The highest BCUT2D eigenvalue weighted by Crippen LogP contribution is 2.37. The Morgan fingerprint density at radius 2 is 1.79 bits per heavy atom. The van der Waals surface area contributed by atoms with Gasteiger partial charge in [-0.2, -0.15) is 0 Å². The molecule has 0 radical (unpaired) electrons. The molecule has 1 amide bonds. The van der Waals surface area contributed by atoms with Gasteiger partial charge in [-0.15, -0.1) is 0 Å². The maximum Gasteiger partial charge on any atom is 0.239 e. The van der Waals surface area contributed by atoms with E-state index in [9.17, 15) is 4.79 Å². The molecular weight excluding hydrogens is 428 g/mol. The molecular formula is C27H42N4OS. The molecule has 182 valence electrons. The average molecular weight is 471 g/mol. The molecule has 2 N–H and O–H groups in total. The van der Waals surface area contributed by atoms with E-state index >= 15 is 0 Å². The molecule has 4 rings (SSSR count). The first-order chi connectivity index (χ1) is 15.9. The van der Waals surface area contributed by atoms with Crippen LogP contribution in [0.2, 0.25) is 0 Å². The number of hydrogen-bond acceptors (Lipinski definition) is 3. The van der Waals surface area contributed by atoms with Crippen molar-refractivity contribution < 1.29 is 4.79 Å². The molecule has 1 aromatic rings. The van der Waals surface area contributed by atoms with Gasteiger partial charge >= 0.3 is 0 Å². The van der Waals surface area contributed by atoms with Gasteiger partial charge in [0.2, 0.25) is 5.91 Å². The van der Waals surface area contributed by atoms with Crippen molar-refractivity contribution in [3.63, 3.8) is 0 Å². The molecule has 3 aliphatic rings. The van der Waals surface area contributed by atoms with Crippen molar-refractivity contribution in [3.8, 4) is 0 Å². The van der Waals surface area contributed by atoms with Crippen molar-refractivity contribution in [2.75, 3.05) is 26.2 Å². The van der Waals surface area contributed by atoms with Gasteiger partial charge in [-0.1, -0.05) is 68.9 Å². The minimum absolute atomic E-state index is 0.0708. The second kappa shape index (κ2) is 11.2. The smallest absolute Gasteiger partial charge is 0.239 e. The standard InChI is InChI=1S/C27H42N4OS/c1-21-10-12-23(13-11-21)19-31-17-16-30(20-27(31)14-6-3-7-15-27)26(33)28-18-25(32)29-24-9-5-4-8-22(24)2/h10-13,22,24H,3-9,14-20H2,1-2H3,(H,28,33)(H,29,32). The number of carbonyl (C=O) groups is 1. The van der Waals surface area contributed by atoms with Gasteiger partial charge in [-0.05, 0) is 56.3 Å². The van der Waals surface area contributed by atoms with Gasteiger partial charge in [-0.25, -0.2) is 0 Å². The first-order valence-corrected chi connectivity index (χ1v) is 13.5. The van der Waals surface area contributed by atoms with E-state index < -0.39 is 0 Å². The Morgan fingerprint density at radius 3 is 2.52 bits per heavy atom. The lowest BCUT2D eigenvalue weighted by Crippen LogP contribution is -2.64. The van der Waals surface area contributed by atoms with Gasteiger partial charge < -0.3 is 15.5 Å². The van der Waals surface area contributed by atoms with E-state index in [1.807, 2.05) is 0 Å². The van der Waals surface area contributed by atoms with Crippen LogP contribution >= 0.6 is 12.2 Å². The van der Waals surface area contributed by atoms with Crippen LogP contribution in [0.3, 0.4) is 0 Å². The van der Waals surface area contributed by atoms with Crippen molar-refractivity contribution in [2.45, 2.75) is 89.8 Å². The van der Waals surface area contributed by atoms with Crippen molar-refractivity contribution in [3.05, 3.63) is 35.4 Å². The first-order valence-electron chi connectivity index (χ1n) is 13.1. The number of nitrogens with one attached hydrogen (secondary N) is 2. The zero-order chi connectivity index (χ0) is 23.3. The summed E-state index contributed by atoms with van der Waals surface area (Å²) in [6.45, 7) is 8.58. The van der Waals surface area contributed by atoms with E-state index in [1.165, 1.54) is 62.5 Å². The Kier molecular flexibility index (Phi) is 8.29. The predicted octanol–water partition coefficient (Wildman–Crippen LogP) is 4.38. The molecule has 0 aromatic heterocycles. The summed E-state index contributed by atoms with van der Waals surface area (Å²) in [6, 6.07) is 9.30. The summed E-state index contributed by atoms with van der Waals surface area (Å²) >= 11 is 5.77. The van der Waals surface area contributed by atoms with Crippen LogP contribution in [-0.4, -0.2) is 58.6 Å². The molecule has 6 heteroatoms. The topological polar surface area (TPSA) is 47.6 Å². The Hall–Kier alpha value is -1.66. The molecule has 33 heavy (non-hydrogen) atoms. The van der Waals surface area contributed by atoms with E-state index in [-0.39, 0.29) is 18.0 Å². The summed E-state index contributed by atoms with van der Waals surface area (Å²) in [6.07, 6.45) is 11.2. The SMILES string of the molecule is Cc1ccc(CN2CCN(C(=S)NCC(=O)NC3CCCCC3C)CC23CCCCC3)cc1. The Balaban J connectivity index is 1.32. The van der Waals surface area contributed by atoms with Crippen LogP contribution in [0.1, 0.15) is 75.8 Å². The fourth-order valence-corrected chi connectivity index (χ4v) is 6.32. The molecule has 2 unspecified atom stereocenters. The lowest BCUT2D eigenvalue weighted by atomic mass is 9.78. The van der Waals surface area contributed by atoms with Crippen LogP contribution in [0.4, 0.5) is 0 Å². The second-order valence-corrected chi connectivity index (χ2v) is 11.1. The predicted molar refractivity (Wildman–Crippen MR) is 139 cm³/mol. The monoisotopic (exact) mass is 470 g/mol. The number of nitrogens with zero attached hydrogens (tertiary/aromatic N) is 2. The lowest BCUT2D eigenvalue weighted by molar-refractivity contribution is -0.121. The zero-order valence-electron chi connectivity index (χ0n) is 20.6. The van der Waals surface area contributed by atoms with Gasteiger partial charge in [0.25, 0.3) is 0 Å². The van der Waals surface area contributed by atoms with E-state index in [1.54, 1.807) is 0 Å². The highest BCUT2D eigenvalue weighted by molar-refractivity contribution is 7.80. The molecule has 2 saturated carbocycles. The largest absolute Gasteiger partial charge is 0.353 e. The Labute approximate surface area is 205 Å². The highest BCUT2D eigenvalue weighted by Gasteiger charge is 2.42. The molecule has 1 spiro atoms. The minimum Gasteiger partial charge on any atom is -0.353 e. The quantitative estimate of drug-likeness (QED) is 0.625.